The van der Waals surface area contributed by atoms with Crippen molar-refractivity contribution in [2.45, 2.75) is 56.5 Å². The van der Waals surface area contributed by atoms with Crippen molar-refractivity contribution in [2.75, 3.05) is 18.8 Å². The zero-order valence-electron chi connectivity index (χ0n) is 16.6. The number of aromatic nitrogens is 2. The third kappa shape index (κ3) is 4.34. The Hall–Kier alpha value is -1.64. The van der Waals surface area contributed by atoms with Crippen LogP contribution in [0.3, 0.4) is 0 Å². The van der Waals surface area contributed by atoms with Gasteiger partial charge in [0.2, 0.25) is 10.0 Å². The van der Waals surface area contributed by atoms with Crippen molar-refractivity contribution in [3.8, 4) is 0 Å². The molecule has 0 aromatic carbocycles. The summed E-state index contributed by atoms with van der Waals surface area (Å²) in [5.74, 6) is 0.337. The summed E-state index contributed by atoms with van der Waals surface area (Å²) in [7, 11) is -3.47. The van der Waals surface area contributed by atoms with Gasteiger partial charge in [-0.05, 0) is 51.8 Å². The van der Waals surface area contributed by atoms with Crippen LogP contribution in [0.4, 0.5) is 0 Å². The first-order chi connectivity index (χ1) is 13.3. The molecule has 3 rings (SSSR count). The highest BCUT2D eigenvalue weighted by molar-refractivity contribution is 7.99. The number of hydrogen-bond donors (Lipinski definition) is 0. The first-order valence-electron chi connectivity index (χ1n) is 9.63. The van der Waals surface area contributed by atoms with E-state index >= 15 is 0 Å². The topological polar surface area (TPSA) is 72.3 Å². The number of Topliss-reactive ketones (excluding diaryl/α,β-unsaturated/α-hetero) is 1. The molecule has 0 amide bonds. The number of aryl methyl sites for hydroxylation is 1. The monoisotopic (exact) mass is 421 g/mol. The summed E-state index contributed by atoms with van der Waals surface area (Å²) in [6.07, 6.45) is 4.29. The molecule has 2 aromatic rings. The number of thioether (sulfide) groups is 1. The Labute approximate surface area is 171 Å². The molecular weight excluding hydrogens is 394 g/mol. The molecule has 1 aliphatic rings. The average Bonchev–Trinajstić information content (AvgIpc) is 3.00. The summed E-state index contributed by atoms with van der Waals surface area (Å²) in [4.78, 5) is 17.1. The molecule has 0 atom stereocenters. The van der Waals surface area contributed by atoms with Gasteiger partial charge in [0.1, 0.15) is 4.90 Å². The summed E-state index contributed by atoms with van der Waals surface area (Å²) in [6, 6.07) is 5.21. The van der Waals surface area contributed by atoms with Gasteiger partial charge in [0.05, 0.1) is 10.8 Å². The molecule has 0 spiro atoms. The Morgan fingerprint density at radius 1 is 1.18 bits per heavy atom. The Bertz CT molecular complexity index is 944. The molecule has 0 saturated carbocycles. The minimum Gasteiger partial charge on any atom is -0.349 e. The van der Waals surface area contributed by atoms with Crippen LogP contribution in [0.15, 0.2) is 34.3 Å². The van der Waals surface area contributed by atoms with Crippen LogP contribution < -0.4 is 0 Å². The highest BCUT2D eigenvalue weighted by Gasteiger charge is 2.26. The van der Waals surface area contributed by atoms with Crippen molar-refractivity contribution < 1.29 is 13.2 Å². The maximum absolute atomic E-state index is 12.7. The normalized spacial score (nSPS) is 15.7. The maximum atomic E-state index is 12.7. The second kappa shape index (κ2) is 8.80. The van der Waals surface area contributed by atoms with Crippen molar-refractivity contribution in [2.24, 2.45) is 0 Å². The fraction of sp³-hybridized carbons (Fsp3) is 0.500. The van der Waals surface area contributed by atoms with Crippen LogP contribution in [0.2, 0.25) is 0 Å². The number of hydrogen-bond acceptors (Lipinski definition) is 5. The van der Waals surface area contributed by atoms with Crippen LogP contribution in [0.25, 0.3) is 0 Å². The van der Waals surface area contributed by atoms with E-state index in [4.69, 9.17) is 0 Å². The lowest BCUT2D eigenvalue weighted by molar-refractivity contribution is 0.102. The van der Waals surface area contributed by atoms with Crippen molar-refractivity contribution in [3.05, 3.63) is 41.3 Å². The van der Waals surface area contributed by atoms with Crippen LogP contribution in [0.5, 0.6) is 0 Å². The quantitative estimate of drug-likeness (QED) is 0.504. The van der Waals surface area contributed by atoms with E-state index in [0.717, 1.165) is 42.8 Å². The molecule has 1 fully saturated rings. The van der Waals surface area contributed by atoms with E-state index in [1.54, 1.807) is 12.1 Å². The van der Waals surface area contributed by atoms with Crippen LogP contribution >= 0.6 is 11.8 Å². The van der Waals surface area contributed by atoms with Crippen molar-refractivity contribution in [1.82, 2.24) is 13.9 Å². The summed E-state index contributed by atoms with van der Waals surface area (Å²) < 4.78 is 29.0. The highest BCUT2D eigenvalue weighted by atomic mass is 32.2. The first kappa shape index (κ1) is 21.1. The summed E-state index contributed by atoms with van der Waals surface area (Å²) >= 11 is 1.33. The highest BCUT2D eigenvalue weighted by Crippen LogP contribution is 2.24. The van der Waals surface area contributed by atoms with Crippen molar-refractivity contribution >= 4 is 27.6 Å². The number of piperidine rings is 1. The zero-order chi connectivity index (χ0) is 20.3. The Balaban J connectivity index is 1.65. The van der Waals surface area contributed by atoms with Gasteiger partial charge in [0.25, 0.3) is 0 Å². The average molecular weight is 422 g/mol. The molecule has 8 heteroatoms. The number of pyridine rings is 1. The van der Waals surface area contributed by atoms with E-state index in [0.29, 0.717) is 18.1 Å². The number of carbonyl (C=O) groups is 1. The van der Waals surface area contributed by atoms with Gasteiger partial charge in [-0.1, -0.05) is 18.2 Å². The molecule has 1 aliphatic heterocycles. The number of carbonyl (C=O) groups excluding carboxylic acids is 1. The van der Waals surface area contributed by atoms with Crippen molar-refractivity contribution in [1.29, 1.82) is 0 Å². The predicted molar refractivity (Wildman–Crippen MR) is 111 cm³/mol. The van der Waals surface area contributed by atoms with Crippen LogP contribution in [0.1, 0.15) is 47.9 Å². The maximum Gasteiger partial charge on any atom is 0.244 e. The van der Waals surface area contributed by atoms with E-state index in [1.165, 1.54) is 22.3 Å². The number of rotatable bonds is 7. The lowest BCUT2D eigenvalue weighted by Crippen LogP contribution is -2.35. The Morgan fingerprint density at radius 3 is 2.46 bits per heavy atom. The molecule has 28 heavy (non-hydrogen) atoms. The van der Waals surface area contributed by atoms with Crippen LogP contribution in [-0.4, -0.2) is 46.9 Å². The fourth-order valence-corrected chi connectivity index (χ4v) is 5.84. The largest absolute Gasteiger partial charge is 0.349 e. The van der Waals surface area contributed by atoms with Crippen molar-refractivity contribution in [3.63, 3.8) is 0 Å². The number of nitrogens with zero attached hydrogens (tertiary/aromatic N) is 3. The smallest absolute Gasteiger partial charge is 0.244 e. The van der Waals surface area contributed by atoms with E-state index in [-0.39, 0.29) is 16.4 Å². The van der Waals surface area contributed by atoms with Gasteiger partial charge in [-0.3, -0.25) is 4.79 Å². The fourth-order valence-electron chi connectivity index (χ4n) is 3.65. The minimum atomic E-state index is -3.47. The first-order valence-corrected chi connectivity index (χ1v) is 12.1. The van der Waals surface area contributed by atoms with Gasteiger partial charge in [0, 0.05) is 42.8 Å². The van der Waals surface area contributed by atoms with E-state index < -0.39 is 10.0 Å². The Kier molecular flexibility index (Phi) is 6.62. The molecule has 0 aliphatic carbocycles. The van der Waals surface area contributed by atoms with Gasteiger partial charge < -0.3 is 4.57 Å². The van der Waals surface area contributed by atoms with E-state index in [9.17, 15) is 13.2 Å². The third-order valence-corrected chi connectivity index (χ3v) is 8.03. The van der Waals surface area contributed by atoms with Gasteiger partial charge in [-0.25, -0.2) is 13.4 Å². The lowest BCUT2D eigenvalue weighted by Gasteiger charge is -2.25. The van der Waals surface area contributed by atoms with E-state index in [1.807, 2.05) is 19.9 Å². The number of ketones is 1. The summed E-state index contributed by atoms with van der Waals surface area (Å²) in [6.45, 7) is 8.02. The zero-order valence-corrected chi connectivity index (χ0v) is 18.3. The molecule has 0 N–H and O–H groups in total. The molecule has 0 radical (unpaired) electrons. The van der Waals surface area contributed by atoms with Gasteiger partial charge >= 0.3 is 0 Å². The van der Waals surface area contributed by atoms with Gasteiger partial charge in [-0.2, -0.15) is 4.31 Å². The summed E-state index contributed by atoms with van der Waals surface area (Å²) in [5, 5.41) is 0.648. The molecule has 3 heterocycles. The lowest BCUT2D eigenvalue weighted by atomic mass is 10.2. The Morgan fingerprint density at radius 2 is 1.89 bits per heavy atom. The standard InChI is InChI=1S/C20H27N3O3S2/c1-4-23-15(2)12-18(16(23)3)19(24)14-27-20-9-8-17(13-21-20)28(25,26)22-10-6-5-7-11-22/h8-9,12-13H,4-7,10-11,14H2,1-3H3. The second-order valence-corrected chi connectivity index (χ2v) is 9.97. The van der Waals surface area contributed by atoms with E-state index in [2.05, 4.69) is 16.5 Å². The predicted octanol–water partition coefficient (Wildman–Crippen LogP) is 3.67. The molecule has 2 aromatic heterocycles. The molecule has 0 unspecified atom stereocenters. The molecule has 0 bridgehead atoms. The number of sulfonamides is 1. The summed E-state index contributed by atoms with van der Waals surface area (Å²) in [5.41, 5.74) is 2.82. The van der Waals surface area contributed by atoms with Gasteiger partial charge in [0.15, 0.2) is 5.78 Å². The second-order valence-electron chi connectivity index (χ2n) is 7.04. The molecular formula is C20H27N3O3S2. The minimum absolute atomic E-state index is 0.0598. The molecule has 152 valence electrons. The SMILES string of the molecule is CCn1c(C)cc(C(=O)CSc2ccc(S(=O)(=O)N3CCCCC3)cn2)c1C. The molecule has 6 nitrogen and oxygen atoms in total. The third-order valence-electron chi connectivity index (χ3n) is 5.20. The molecule has 1 saturated heterocycles. The van der Waals surface area contributed by atoms with Crippen LogP contribution in [0, 0.1) is 13.8 Å². The van der Waals surface area contributed by atoms with Crippen LogP contribution in [-0.2, 0) is 16.6 Å². The van der Waals surface area contributed by atoms with Gasteiger partial charge in [-0.15, -0.1) is 0 Å².